The molecule has 0 spiro atoms. The Hall–Kier alpha value is -0.340. The second kappa shape index (κ2) is 4.40. The van der Waals surface area contributed by atoms with Gasteiger partial charge in [-0.3, -0.25) is 0 Å². The van der Waals surface area contributed by atoms with E-state index in [-0.39, 0.29) is 0 Å². The Balaban J connectivity index is 1.56. The van der Waals surface area contributed by atoms with Crippen LogP contribution in [0, 0.1) is 11.3 Å². The van der Waals surface area contributed by atoms with Crippen molar-refractivity contribution < 1.29 is 0 Å². The fraction of sp³-hybridized carbons (Fsp3) is 0.600. The molecule has 0 bridgehead atoms. The van der Waals surface area contributed by atoms with Crippen LogP contribution < -0.4 is 5.32 Å². The third-order valence-corrected chi connectivity index (χ3v) is 4.99. The Labute approximate surface area is 112 Å². The summed E-state index contributed by atoms with van der Waals surface area (Å²) >= 11 is 3.48. The van der Waals surface area contributed by atoms with Gasteiger partial charge in [-0.2, -0.15) is 0 Å². The molecule has 0 amide bonds. The molecule has 0 heterocycles. The molecule has 0 radical (unpaired) electrons. The minimum absolute atomic E-state index is 0.472. The van der Waals surface area contributed by atoms with E-state index in [4.69, 9.17) is 0 Å². The number of hydrogen-bond donors (Lipinski definition) is 1. The monoisotopic (exact) mass is 293 g/mol. The van der Waals surface area contributed by atoms with E-state index in [1.807, 2.05) is 0 Å². The van der Waals surface area contributed by atoms with Crippen LogP contribution in [0.1, 0.15) is 44.2 Å². The summed E-state index contributed by atoms with van der Waals surface area (Å²) in [6.07, 6.45) is 5.87. The van der Waals surface area contributed by atoms with E-state index in [1.165, 1.54) is 37.8 Å². The van der Waals surface area contributed by atoms with Crippen LogP contribution in [0.2, 0.25) is 0 Å². The molecule has 2 heteroatoms. The van der Waals surface area contributed by atoms with Gasteiger partial charge in [-0.1, -0.05) is 28.1 Å². The first kappa shape index (κ1) is 11.7. The molecule has 1 atom stereocenters. The first-order valence-electron chi connectivity index (χ1n) is 6.68. The van der Waals surface area contributed by atoms with Crippen LogP contribution in [0.4, 0.5) is 0 Å². The number of rotatable bonds is 5. The molecule has 1 aromatic carbocycles. The smallest absolute Gasteiger partial charge is 0.0292 e. The zero-order valence-corrected chi connectivity index (χ0v) is 12.0. The SMILES string of the molecule is CC(NCC1(C2CC2)CC1)c1ccc(Br)cc1. The average molecular weight is 294 g/mol. The Morgan fingerprint density at radius 1 is 1.29 bits per heavy atom. The Morgan fingerprint density at radius 2 is 1.94 bits per heavy atom. The van der Waals surface area contributed by atoms with E-state index in [2.05, 4.69) is 52.4 Å². The second-order valence-corrected chi connectivity index (χ2v) is 6.71. The van der Waals surface area contributed by atoms with Crippen molar-refractivity contribution in [2.45, 2.75) is 38.6 Å². The lowest BCUT2D eigenvalue weighted by atomic mass is 9.99. The molecular weight excluding hydrogens is 274 g/mol. The molecular formula is C15H20BrN. The summed E-state index contributed by atoms with van der Waals surface area (Å²) in [6, 6.07) is 9.14. The zero-order valence-electron chi connectivity index (χ0n) is 10.4. The lowest BCUT2D eigenvalue weighted by Gasteiger charge is -2.20. The fourth-order valence-corrected chi connectivity index (χ4v) is 3.08. The van der Waals surface area contributed by atoms with Gasteiger partial charge in [-0.25, -0.2) is 0 Å². The van der Waals surface area contributed by atoms with Gasteiger partial charge in [0.15, 0.2) is 0 Å². The van der Waals surface area contributed by atoms with E-state index in [0.29, 0.717) is 11.5 Å². The number of hydrogen-bond acceptors (Lipinski definition) is 1. The summed E-state index contributed by atoms with van der Waals surface area (Å²) in [5.41, 5.74) is 2.09. The van der Waals surface area contributed by atoms with Gasteiger partial charge in [-0.15, -0.1) is 0 Å². The summed E-state index contributed by atoms with van der Waals surface area (Å²) in [5.74, 6) is 1.05. The maximum absolute atomic E-state index is 3.73. The van der Waals surface area contributed by atoms with E-state index < -0.39 is 0 Å². The highest BCUT2D eigenvalue weighted by Crippen LogP contribution is 2.60. The lowest BCUT2D eigenvalue weighted by Crippen LogP contribution is -2.27. The number of benzene rings is 1. The summed E-state index contributed by atoms with van der Waals surface area (Å²) in [5, 5.41) is 3.73. The maximum Gasteiger partial charge on any atom is 0.0292 e. The molecule has 3 rings (SSSR count). The van der Waals surface area contributed by atoms with E-state index >= 15 is 0 Å². The van der Waals surface area contributed by atoms with Crippen LogP contribution in [-0.2, 0) is 0 Å². The lowest BCUT2D eigenvalue weighted by molar-refractivity contribution is 0.382. The molecule has 0 saturated heterocycles. The zero-order chi connectivity index (χ0) is 11.9. The third-order valence-electron chi connectivity index (χ3n) is 4.47. The van der Waals surface area contributed by atoms with Crippen molar-refractivity contribution in [2.24, 2.45) is 11.3 Å². The van der Waals surface area contributed by atoms with Gasteiger partial charge in [0.25, 0.3) is 0 Å². The van der Waals surface area contributed by atoms with E-state index in [9.17, 15) is 0 Å². The molecule has 1 aromatic rings. The summed E-state index contributed by atoms with van der Waals surface area (Å²) in [7, 11) is 0. The van der Waals surface area contributed by atoms with E-state index in [1.54, 1.807) is 0 Å². The van der Waals surface area contributed by atoms with Gasteiger partial charge in [0, 0.05) is 17.1 Å². The Bertz CT molecular complexity index is 390. The van der Waals surface area contributed by atoms with Gasteiger partial charge in [0.1, 0.15) is 0 Å². The molecule has 0 aromatic heterocycles. The van der Waals surface area contributed by atoms with Crippen molar-refractivity contribution in [2.75, 3.05) is 6.54 Å². The van der Waals surface area contributed by atoms with Gasteiger partial charge < -0.3 is 5.32 Å². The highest BCUT2D eigenvalue weighted by molar-refractivity contribution is 9.10. The van der Waals surface area contributed by atoms with Crippen molar-refractivity contribution in [1.82, 2.24) is 5.32 Å². The van der Waals surface area contributed by atoms with Crippen LogP contribution in [0.25, 0.3) is 0 Å². The topological polar surface area (TPSA) is 12.0 Å². The Morgan fingerprint density at radius 3 is 2.47 bits per heavy atom. The molecule has 1 nitrogen and oxygen atoms in total. The predicted octanol–water partition coefficient (Wildman–Crippen LogP) is 4.29. The van der Waals surface area contributed by atoms with Crippen molar-refractivity contribution in [3.8, 4) is 0 Å². The molecule has 1 unspecified atom stereocenters. The highest BCUT2D eigenvalue weighted by Gasteiger charge is 2.53. The molecule has 2 aliphatic carbocycles. The van der Waals surface area contributed by atoms with Crippen molar-refractivity contribution in [1.29, 1.82) is 0 Å². The first-order valence-corrected chi connectivity index (χ1v) is 7.48. The second-order valence-electron chi connectivity index (χ2n) is 5.79. The minimum atomic E-state index is 0.472. The predicted molar refractivity (Wildman–Crippen MR) is 75.0 cm³/mol. The molecule has 1 N–H and O–H groups in total. The molecule has 0 aliphatic heterocycles. The third kappa shape index (κ3) is 2.58. The Kier molecular flexibility index (Phi) is 3.04. The summed E-state index contributed by atoms with van der Waals surface area (Å²) in [4.78, 5) is 0. The quantitative estimate of drug-likeness (QED) is 0.854. The molecule has 17 heavy (non-hydrogen) atoms. The van der Waals surface area contributed by atoms with Crippen molar-refractivity contribution in [3.05, 3.63) is 34.3 Å². The van der Waals surface area contributed by atoms with Crippen LogP contribution in [0.5, 0.6) is 0 Å². The first-order chi connectivity index (χ1) is 8.20. The average Bonchev–Trinajstić information content (AvgIpc) is 3.17. The van der Waals surface area contributed by atoms with Gasteiger partial charge in [0.05, 0.1) is 0 Å². The van der Waals surface area contributed by atoms with Crippen LogP contribution >= 0.6 is 15.9 Å². The van der Waals surface area contributed by atoms with Crippen LogP contribution in [-0.4, -0.2) is 6.54 Å². The van der Waals surface area contributed by atoms with E-state index in [0.717, 1.165) is 10.4 Å². The van der Waals surface area contributed by atoms with Crippen LogP contribution in [0.15, 0.2) is 28.7 Å². The minimum Gasteiger partial charge on any atom is -0.310 e. The summed E-state index contributed by atoms with van der Waals surface area (Å²) < 4.78 is 1.16. The van der Waals surface area contributed by atoms with Gasteiger partial charge in [0.2, 0.25) is 0 Å². The normalized spacial score (nSPS) is 23.4. The maximum atomic E-state index is 3.73. The van der Waals surface area contributed by atoms with Gasteiger partial charge in [-0.05, 0) is 61.6 Å². The molecule has 2 saturated carbocycles. The van der Waals surface area contributed by atoms with Crippen LogP contribution in [0.3, 0.4) is 0 Å². The molecule has 2 aliphatic rings. The number of nitrogens with one attached hydrogen (secondary N) is 1. The molecule has 2 fully saturated rings. The fourth-order valence-electron chi connectivity index (χ4n) is 2.81. The van der Waals surface area contributed by atoms with Gasteiger partial charge >= 0.3 is 0 Å². The molecule has 92 valence electrons. The summed E-state index contributed by atoms with van der Waals surface area (Å²) in [6.45, 7) is 3.49. The highest BCUT2D eigenvalue weighted by atomic mass is 79.9. The van der Waals surface area contributed by atoms with Crippen molar-refractivity contribution >= 4 is 15.9 Å². The number of halogens is 1. The largest absolute Gasteiger partial charge is 0.310 e. The standard InChI is InChI=1S/C15H20BrN/c1-11(12-2-6-14(16)7-3-12)17-10-15(8-9-15)13-4-5-13/h2-3,6-7,11,13,17H,4-5,8-10H2,1H3. The van der Waals surface area contributed by atoms with Crippen molar-refractivity contribution in [3.63, 3.8) is 0 Å².